The molecule has 0 aromatic rings. The molecule has 0 amide bonds. The Morgan fingerprint density at radius 1 is 1.31 bits per heavy atom. The molecule has 0 unspecified atom stereocenters. The number of rotatable bonds is 6. The van der Waals surface area contributed by atoms with Crippen LogP contribution in [0.3, 0.4) is 0 Å². The van der Waals surface area contributed by atoms with Crippen LogP contribution in [-0.2, 0) is 9.84 Å². The summed E-state index contributed by atoms with van der Waals surface area (Å²) in [5.41, 5.74) is 0.0685. The molecule has 0 heterocycles. The van der Waals surface area contributed by atoms with Gasteiger partial charge in [-0.25, -0.2) is 8.42 Å². The lowest BCUT2D eigenvalue weighted by molar-refractivity contribution is 0.332. The summed E-state index contributed by atoms with van der Waals surface area (Å²) in [6, 6.07) is 0. The predicted molar refractivity (Wildman–Crippen MR) is 56.7 cm³/mol. The summed E-state index contributed by atoms with van der Waals surface area (Å²) in [4.78, 5) is 0. The highest BCUT2D eigenvalue weighted by molar-refractivity contribution is 7.90. The molecule has 0 radical (unpaired) electrons. The van der Waals surface area contributed by atoms with E-state index in [0.29, 0.717) is 0 Å². The summed E-state index contributed by atoms with van der Waals surface area (Å²) in [5.74, 6) is 0.283. The Labute approximate surface area is 81.8 Å². The van der Waals surface area contributed by atoms with Crippen molar-refractivity contribution < 1.29 is 8.42 Å². The highest BCUT2D eigenvalue weighted by Crippen LogP contribution is 2.19. The van der Waals surface area contributed by atoms with Gasteiger partial charge in [0.05, 0.1) is 5.75 Å². The van der Waals surface area contributed by atoms with Gasteiger partial charge in [-0.15, -0.1) is 0 Å². The Hall–Kier alpha value is -0.0900. The molecule has 0 bridgehead atoms. The van der Waals surface area contributed by atoms with Gasteiger partial charge in [0.2, 0.25) is 0 Å². The lowest BCUT2D eigenvalue weighted by atomic mass is 9.90. The van der Waals surface area contributed by atoms with Crippen molar-refractivity contribution in [2.45, 2.75) is 27.2 Å². The van der Waals surface area contributed by atoms with Crippen LogP contribution in [0.15, 0.2) is 0 Å². The van der Waals surface area contributed by atoms with Crippen LogP contribution in [0.1, 0.15) is 27.2 Å². The molecule has 0 saturated heterocycles. The van der Waals surface area contributed by atoms with E-state index < -0.39 is 9.84 Å². The molecule has 0 aliphatic rings. The van der Waals surface area contributed by atoms with Gasteiger partial charge in [0.1, 0.15) is 9.84 Å². The molecular formula is C9H21NO2S. The van der Waals surface area contributed by atoms with E-state index in [1.165, 1.54) is 6.26 Å². The van der Waals surface area contributed by atoms with Crippen LogP contribution >= 0.6 is 0 Å². The van der Waals surface area contributed by atoms with Gasteiger partial charge in [-0.1, -0.05) is 20.8 Å². The zero-order chi connectivity index (χ0) is 10.5. The molecule has 0 atom stereocenters. The van der Waals surface area contributed by atoms with E-state index in [0.717, 1.165) is 19.5 Å². The average molecular weight is 207 g/mol. The topological polar surface area (TPSA) is 46.2 Å². The van der Waals surface area contributed by atoms with Crippen LogP contribution < -0.4 is 5.32 Å². The monoisotopic (exact) mass is 207 g/mol. The minimum Gasteiger partial charge on any atom is -0.316 e. The molecule has 0 spiro atoms. The SMILES string of the molecule is CCNCC(C)(C)CCS(C)(=O)=O. The zero-order valence-electron chi connectivity index (χ0n) is 9.05. The maximum absolute atomic E-state index is 10.9. The third kappa shape index (κ3) is 8.25. The van der Waals surface area contributed by atoms with Crippen molar-refractivity contribution in [3.8, 4) is 0 Å². The van der Waals surface area contributed by atoms with Crippen LogP contribution in [-0.4, -0.2) is 33.5 Å². The van der Waals surface area contributed by atoms with Gasteiger partial charge in [0.15, 0.2) is 0 Å². The number of nitrogens with one attached hydrogen (secondary N) is 1. The molecular weight excluding hydrogens is 186 g/mol. The molecule has 3 nitrogen and oxygen atoms in total. The quantitative estimate of drug-likeness (QED) is 0.708. The Morgan fingerprint density at radius 3 is 2.23 bits per heavy atom. The Bertz CT molecular complexity index is 232. The standard InChI is InChI=1S/C9H21NO2S/c1-5-10-8-9(2,3)6-7-13(4,11)12/h10H,5-8H2,1-4H3. The number of hydrogen-bond acceptors (Lipinski definition) is 3. The Kier molecular flexibility index (Phi) is 4.92. The zero-order valence-corrected chi connectivity index (χ0v) is 9.87. The van der Waals surface area contributed by atoms with Gasteiger partial charge in [0.25, 0.3) is 0 Å². The molecule has 0 aliphatic heterocycles. The minimum absolute atomic E-state index is 0.0685. The smallest absolute Gasteiger partial charge is 0.147 e. The fourth-order valence-corrected chi connectivity index (χ4v) is 1.94. The lowest BCUT2D eigenvalue weighted by Crippen LogP contribution is -2.30. The third-order valence-electron chi connectivity index (χ3n) is 2.00. The van der Waals surface area contributed by atoms with Crippen LogP contribution in [0.5, 0.6) is 0 Å². The summed E-state index contributed by atoms with van der Waals surface area (Å²) in [5, 5.41) is 3.23. The van der Waals surface area contributed by atoms with Gasteiger partial charge >= 0.3 is 0 Å². The largest absolute Gasteiger partial charge is 0.316 e. The molecule has 13 heavy (non-hydrogen) atoms. The molecule has 1 N–H and O–H groups in total. The van der Waals surface area contributed by atoms with Crippen molar-refractivity contribution in [2.75, 3.05) is 25.1 Å². The molecule has 0 rings (SSSR count). The molecule has 0 fully saturated rings. The van der Waals surface area contributed by atoms with Crippen LogP contribution in [0, 0.1) is 5.41 Å². The van der Waals surface area contributed by atoms with Gasteiger partial charge in [0, 0.05) is 12.8 Å². The fourth-order valence-electron chi connectivity index (χ4n) is 1.01. The Balaban J connectivity index is 3.89. The van der Waals surface area contributed by atoms with E-state index in [4.69, 9.17) is 0 Å². The van der Waals surface area contributed by atoms with Crippen molar-refractivity contribution in [3.63, 3.8) is 0 Å². The lowest BCUT2D eigenvalue weighted by Gasteiger charge is -2.24. The van der Waals surface area contributed by atoms with E-state index in [1.807, 2.05) is 6.92 Å². The van der Waals surface area contributed by atoms with E-state index in [9.17, 15) is 8.42 Å². The fraction of sp³-hybridized carbons (Fsp3) is 1.00. The summed E-state index contributed by atoms with van der Waals surface area (Å²) in [7, 11) is -2.81. The highest BCUT2D eigenvalue weighted by Gasteiger charge is 2.19. The van der Waals surface area contributed by atoms with Crippen molar-refractivity contribution >= 4 is 9.84 Å². The second kappa shape index (κ2) is 4.96. The van der Waals surface area contributed by atoms with Gasteiger partial charge < -0.3 is 5.32 Å². The van der Waals surface area contributed by atoms with E-state index in [1.54, 1.807) is 0 Å². The molecule has 0 aliphatic carbocycles. The second-order valence-corrected chi connectivity index (χ2v) is 6.58. The molecule has 0 saturated carbocycles. The normalized spacial score (nSPS) is 13.2. The van der Waals surface area contributed by atoms with Gasteiger partial charge in [-0.05, 0) is 18.4 Å². The molecule has 4 heteroatoms. The predicted octanol–water partition coefficient (Wildman–Crippen LogP) is 1.06. The highest BCUT2D eigenvalue weighted by atomic mass is 32.2. The van der Waals surface area contributed by atoms with Crippen molar-refractivity contribution in [1.29, 1.82) is 0 Å². The van der Waals surface area contributed by atoms with Crippen molar-refractivity contribution in [1.82, 2.24) is 5.32 Å². The minimum atomic E-state index is -2.81. The maximum atomic E-state index is 10.9. The Morgan fingerprint density at radius 2 is 1.85 bits per heavy atom. The van der Waals surface area contributed by atoms with E-state index in [2.05, 4.69) is 19.2 Å². The average Bonchev–Trinajstić information content (AvgIpc) is 1.97. The molecule has 0 aromatic carbocycles. The van der Waals surface area contributed by atoms with Gasteiger partial charge in [-0.3, -0.25) is 0 Å². The maximum Gasteiger partial charge on any atom is 0.147 e. The third-order valence-corrected chi connectivity index (χ3v) is 2.95. The summed E-state index contributed by atoms with van der Waals surface area (Å²) in [6.07, 6.45) is 2.01. The van der Waals surface area contributed by atoms with Crippen LogP contribution in [0.25, 0.3) is 0 Å². The number of hydrogen-bond donors (Lipinski definition) is 1. The van der Waals surface area contributed by atoms with Crippen LogP contribution in [0.4, 0.5) is 0 Å². The van der Waals surface area contributed by atoms with Crippen LogP contribution in [0.2, 0.25) is 0 Å². The first kappa shape index (κ1) is 12.9. The molecule has 0 aromatic heterocycles. The second-order valence-electron chi connectivity index (χ2n) is 4.32. The first-order valence-corrected chi connectivity index (χ1v) is 6.71. The van der Waals surface area contributed by atoms with E-state index in [-0.39, 0.29) is 11.2 Å². The van der Waals surface area contributed by atoms with E-state index >= 15 is 0 Å². The van der Waals surface area contributed by atoms with Crippen molar-refractivity contribution in [3.05, 3.63) is 0 Å². The van der Waals surface area contributed by atoms with Crippen molar-refractivity contribution in [2.24, 2.45) is 5.41 Å². The first-order chi connectivity index (χ1) is 5.77. The van der Waals surface area contributed by atoms with Gasteiger partial charge in [-0.2, -0.15) is 0 Å². The number of sulfone groups is 1. The molecule has 80 valence electrons. The summed E-state index contributed by atoms with van der Waals surface area (Å²) in [6.45, 7) is 8.02. The summed E-state index contributed by atoms with van der Waals surface area (Å²) < 4.78 is 21.9. The first-order valence-electron chi connectivity index (χ1n) is 4.65. The summed E-state index contributed by atoms with van der Waals surface area (Å²) >= 11 is 0.